The average Bonchev–Trinajstić information content (AvgIpc) is 2.59. The Balaban J connectivity index is 2.10. The molecule has 0 fully saturated rings. The molecule has 1 atom stereocenters. The highest BCUT2D eigenvalue weighted by atomic mass is 19.1. The molecule has 0 aliphatic carbocycles. The van der Waals surface area contributed by atoms with Crippen LogP contribution in [0.15, 0.2) is 39.5 Å². The van der Waals surface area contributed by atoms with Gasteiger partial charge in [0.15, 0.2) is 11.6 Å². The summed E-state index contributed by atoms with van der Waals surface area (Å²) >= 11 is 0. The molecular formula is C19H19FO5. The van der Waals surface area contributed by atoms with E-state index in [1.165, 1.54) is 24.3 Å². The van der Waals surface area contributed by atoms with Crippen LogP contribution in [-0.2, 0) is 4.74 Å². The predicted octanol–water partition coefficient (Wildman–Crippen LogP) is 3.98. The van der Waals surface area contributed by atoms with Crippen LogP contribution >= 0.6 is 0 Å². The quantitative estimate of drug-likeness (QED) is 0.540. The average molecular weight is 346 g/mol. The van der Waals surface area contributed by atoms with Crippen molar-refractivity contribution in [2.75, 3.05) is 13.7 Å². The number of phenols is 1. The smallest absolute Gasteiger partial charge is 0.344 e. The third kappa shape index (κ3) is 3.44. The molecule has 132 valence electrons. The van der Waals surface area contributed by atoms with Crippen molar-refractivity contribution in [3.8, 4) is 11.5 Å². The minimum atomic E-state index is -0.608. The molecule has 25 heavy (non-hydrogen) atoms. The lowest BCUT2D eigenvalue weighted by Gasteiger charge is -2.18. The van der Waals surface area contributed by atoms with Gasteiger partial charge in [-0.15, -0.1) is 0 Å². The van der Waals surface area contributed by atoms with Crippen molar-refractivity contribution in [3.05, 3.63) is 46.6 Å². The zero-order valence-corrected chi connectivity index (χ0v) is 14.0. The van der Waals surface area contributed by atoms with E-state index < -0.39 is 11.4 Å². The summed E-state index contributed by atoms with van der Waals surface area (Å²) in [5, 5.41) is 10.7. The number of methoxy groups -OCH3 is 1. The number of aromatic hydroxyl groups is 1. The van der Waals surface area contributed by atoms with Gasteiger partial charge < -0.3 is 19.0 Å². The standard InChI is InChI=1S/C19H19FO5/c1-3-12(6-7-23-2)24-18-10-15-14(9-16(18)20)13-5-4-11(21)8-17(13)25-19(15)22/h4-5,8-10,12,21H,3,6-7H2,1-2H3. The molecule has 2 aromatic carbocycles. The highest BCUT2D eigenvalue weighted by Gasteiger charge is 2.16. The number of ether oxygens (including phenoxy) is 2. The molecule has 0 bridgehead atoms. The Morgan fingerprint density at radius 3 is 2.72 bits per heavy atom. The van der Waals surface area contributed by atoms with Gasteiger partial charge in [-0.1, -0.05) is 6.92 Å². The summed E-state index contributed by atoms with van der Waals surface area (Å²) < 4.78 is 30.5. The fourth-order valence-corrected chi connectivity index (χ4v) is 2.78. The molecule has 5 nitrogen and oxygen atoms in total. The van der Waals surface area contributed by atoms with Crippen LogP contribution in [-0.4, -0.2) is 24.9 Å². The van der Waals surface area contributed by atoms with E-state index in [0.717, 1.165) is 0 Å². The first kappa shape index (κ1) is 17.2. The Kier molecular flexibility index (Phi) is 4.90. The molecule has 1 N–H and O–H groups in total. The fraction of sp³-hybridized carbons (Fsp3) is 0.316. The van der Waals surface area contributed by atoms with Crippen LogP contribution in [0.5, 0.6) is 11.5 Å². The van der Waals surface area contributed by atoms with Crippen molar-refractivity contribution in [2.24, 2.45) is 0 Å². The molecule has 3 rings (SSSR count). The van der Waals surface area contributed by atoms with Gasteiger partial charge in [0.25, 0.3) is 0 Å². The molecule has 0 saturated heterocycles. The van der Waals surface area contributed by atoms with E-state index in [1.54, 1.807) is 13.2 Å². The third-order valence-electron chi connectivity index (χ3n) is 4.14. The Morgan fingerprint density at radius 2 is 2.00 bits per heavy atom. The molecule has 0 saturated carbocycles. The molecule has 6 heteroatoms. The molecular weight excluding hydrogens is 327 g/mol. The molecule has 1 unspecified atom stereocenters. The molecule has 1 aromatic heterocycles. The van der Waals surface area contributed by atoms with Gasteiger partial charge >= 0.3 is 5.63 Å². The summed E-state index contributed by atoms with van der Waals surface area (Å²) in [5.41, 5.74) is -0.403. The summed E-state index contributed by atoms with van der Waals surface area (Å²) in [6, 6.07) is 7.02. The lowest BCUT2D eigenvalue weighted by molar-refractivity contribution is 0.120. The highest BCUT2D eigenvalue weighted by Crippen LogP contribution is 2.31. The Morgan fingerprint density at radius 1 is 1.20 bits per heavy atom. The second-order valence-electron chi connectivity index (χ2n) is 5.83. The predicted molar refractivity (Wildman–Crippen MR) is 92.8 cm³/mol. The Labute approximate surface area is 143 Å². The number of hydrogen-bond donors (Lipinski definition) is 1. The summed E-state index contributed by atoms with van der Waals surface area (Å²) in [7, 11) is 1.59. The van der Waals surface area contributed by atoms with Crippen LogP contribution in [0, 0.1) is 5.82 Å². The SMILES string of the molecule is CCC(CCOC)Oc1cc2c(=O)oc3cc(O)ccc3c2cc1F. The molecule has 0 spiro atoms. The summed E-state index contributed by atoms with van der Waals surface area (Å²) in [6.07, 6.45) is 1.10. The van der Waals surface area contributed by atoms with Crippen LogP contribution < -0.4 is 10.4 Å². The number of hydrogen-bond acceptors (Lipinski definition) is 5. The zero-order chi connectivity index (χ0) is 18.0. The second kappa shape index (κ2) is 7.11. The number of rotatable bonds is 6. The summed E-state index contributed by atoms with van der Waals surface area (Å²) in [4.78, 5) is 12.2. The molecule has 0 aliphatic heterocycles. The Hall–Kier alpha value is -2.60. The van der Waals surface area contributed by atoms with Crippen molar-refractivity contribution in [3.63, 3.8) is 0 Å². The van der Waals surface area contributed by atoms with Crippen molar-refractivity contribution in [1.29, 1.82) is 0 Å². The lowest BCUT2D eigenvalue weighted by Crippen LogP contribution is -2.18. The maximum absolute atomic E-state index is 14.5. The van der Waals surface area contributed by atoms with Crippen molar-refractivity contribution in [1.82, 2.24) is 0 Å². The van der Waals surface area contributed by atoms with Crippen LogP contribution in [0.2, 0.25) is 0 Å². The molecule has 0 aliphatic rings. The number of halogens is 1. The number of benzene rings is 2. The van der Waals surface area contributed by atoms with Crippen LogP contribution in [0.4, 0.5) is 4.39 Å². The van der Waals surface area contributed by atoms with Crippen LogP contribution in [0.3, 0.4) is 0 Å². The van der Waals surface area contributed by atoms with E-state index in [4.69, 9.17) is 13.9 Å². The summed E-state index contributed by atoms with van der Waals surface area (Å²) in [5.74, 6) is -0.566. The van der Waals surface area contributed by atoms with Crippen molar-refractivity contribution >= 4 is 21.7 Å². The van der Waals surface area contributed by atoms with Gasteiger partial charge in [0, 0.05) is 37.0 Å². The van der Waals surface area contributed by atoms with Gasteiger partial charge in [-0.3, -0.25) is 0 Å². The Bertz CT molecular complexity index is 963. The monoisotopic (exact) mass is 346 g/mol. The van der Waals surface area contributed by atoms with Gasteiger partial charge in [-0.05, 0) is 30.7 Å². The van der Waals surface area contributed by atoms with E-state index in [0.29, 0.717) is 30.2 Å². The maximum Gasteiger partial charge on any atom is 0.344 e. The maximum atomic E-state index is 14.5. The number of phenolic OH excluding ortho intramolecular Hbond substituents is 1. The molecule has 1 heterocycles. The molecule has 0 amide bonds. The van der Waals surface area contributed by atoms with E-state index in [9.17, 15) is 14.3 Å². The van der Waals surface area contributed by atoms with Gasteiger partial charge in [-0.25, -0.2) is 9.18 Å². The zero-order valence-electron chi connectivity index (χ0n) is 14.0. The van der Waals surface area contributed by atoms with Crippen LogP contribution in [0.25, 0.3) is 21.7 Å². The molecule has 0 radical (unpaired) electrons. The van der Waals surface area contributed by atoms with Gasteiger partial charge in [0.05, 0.1) is 5.39 Å². The van der Waals surface area contributed by atoms with Gasteiger partial charge in [-0.2, -0.15) is 0 Å². The summed E-state index contributed by atoms with van der Waals surface area (Å²) in [6.45, 7) is 2.44. The van der Waals surface area contributed by atoms with Crippen molar-refractivity contribution in [2.45, 2.75) is 25.9 Å². The third-order valence-corrected chi connectivity index (χ3v) is 4.14. The largest absolute Gasteiger partial charge is 0.508 e. The minimum Gasteiger partial charge on any atom is -0.508 e. The highest BCUT2D eigenvalue weighted by molar-refractivity contribution is 6.04. The topological polar surface area (TPSA) is 68.9 Å². The first-order valence-electron chi connectivity index (χ1n) is 8.08. The van der Waals surface area contributed by atoms with Gasteiger partial charge in [0.2, 0.25) is 0 Å². The molecule has 3 aromatic rings. The first-order valence-corrected chi connectivity index (χ1v) is 8.08. The van der Waals surface area contributed by atoms with Crippen molar-refractivity contribution < 1.29 is 23.4 Å². The van der Waals surface area contributed by atoms with E-state index in [-0.39, 0.29) is 28.6 Å². The fourth-order valence-electron chi connectivity index (χ4n) is 2.78. The normalized spacial score (nSPS) is 12.6. The van der Waals surface area contributed by atoms with Gasteiger partial charge in [0.1, 0.15) is 17.4 Å². The lowest BCUT2D eigenvalue weighted by atomic mass is 10.1. The van der Waals surface area contributed by atoms with E-state index in [1.807, 2.05) is 6.92 Å². The second-order valence-corrected chi connectivity index (χ2v) is 5.83. The number of fused-ring (bicyclic) bond motifs is 3. The van der Waals surface area contributed by atoms with E-state index >= 15 is 0 Å². The minimum absolute atomic E-state index is 0.0147. The van der Waals surface area contributed by atoms with E-state index in [2.05, 4.69) is 0 Å². The van der Waals surface area contributed by atoms with Crippen LogP contribution in [0.1, 0.15) is 19.8 Å². The first-order chi connectivity index (χ1) is 12.0.